The van der Waals surface area contributed by atoms with Crippen LogP contribution >= 0.6 is 0 Å². The Labute approximate surface area is 128 Å². The molecule has 1 aliphatic heterocycles. The summed E-state index contributed by atoms with van der Waals surface area (Å²) in [7, 11) is 3.12. The highest BCUT2D eigenvalue weighted by molar-refractivity contribution is 5.93. The van der Waals surface area contributed by atoms with Crippen molar-refractivity contribution in [2.75, 3.05) is 27.3 Å². The number of nitrogens with one attached hydrogen (secondary N) is 2. The van der Waals surface area contributed by atoms with Gasteiger partial charge in [0.15, 0.2) is 0 Å². The number of ether oxygens (including phenoxy) is 1. The second-order valence-electron chi connectivity index (χ2n) is 5.50. The van der Waals surface area contributed by atoms with E-state index in [4.69, 9.17) is 4.74 Å². The number of pyridine rings is 1. The average Bonchev–Trinajstić information content (AvgIpc) is 2.90. The minimum absolute atomic E-state index is 0.140. The van der Waals surface area contributed by atoms with Crippen LogP contribution in [0.4, 0.5) is 0 Å². The first-order chi connectivity index (χ1) is 10.5. The van der Waals surface area contributed by atoms with Crippen LogP contribution in [-0.4, -0.2) is 54.5 Å². The number of methoxy groups -OCH3 is 1. The average molecular weight is 307 g/mol. The molecule has 0 aliphatic carbocycles. The van der Waals surface area contributed by atoms with Crippen molar-refractivity contribution in [1.82, 2.24) is 15.2 Å². The molecule has 0 aromatic carbocycles. The summed E-state index contributed by atoms with van der Waals surface area (Å²) in [4.78, 5) is 40.2. The summed E-state index contributed by atoms with van der Waals surface area (Å²) >= 11 is 0. The zero-order chi connectivity index (χ0) is 16.2. The van der Waals surface area contributed by atoms with Crippen LogP contribution in [0.1, 0.15) is 29.8 Å². The van der Waals surface area contributed by atoms with Gasteiger partial charge in [-0.2, -0.15) is 0 Å². The van der Waals surface area contributed by atoms with Crippen LogP contribution < -0.4 is 10.9 Å². The molecule has 22 heavy (non-hydrogen) atoms. The number of hydrogen-bond acceptors (Lipinski definition) is 4. The fourth-order valence-corrected chi connectivity index (χ4v) is 3.01. The molecular formula is C15H21N3O4. The maximum atomic E-state index is 12.7. The number of aromatic nitrogens is 1. The number of nitrogens with zero attached hydrogens (tertiary/aromatic N) is 1. The Balaban J connectivity index is 2.31. The fourth-order valence-electron chi connectivity index (χ4n) is 3.01. The minimum Gasteiger partial charge on any atom is -0.382 e. The van der Waals surface area contributed by atoms with Crippen LogP contribution in [0.15, 0.2) is 23.0 Å². The lowest BCUT2D eigenvalue weighted by Gasteiger charge is -2.37. The van der Waals surface area contributed by atoms with Crippen molar-refractivity contribution in [3.63, 3.8) is 0 Å². The van der Waals surface area contributed by atoms with Crippen LogP contribution in [0.3, 0.4) is 0 Å². The first kappa shape index (κ1) is 16.2. The predicted octanol–water partition coefficient (Wildman–Crippen LogP) is 0.132. The van der Waals surface area contributed by atoms with Crippen molar-refractivity contribution in [1.29, 1.82) is 0 Å². The van der Waals surface area contributed by atoms with Gasteiger partial charge in [0.05, 0.1) is 18.6 Å². The molecule has 1 aliphatic rings. The van der Waals surface area contributed by atoms with Gasteiger partial charge in [0.1, 0.15) is 5.69 Å². The Bertz CT molecular complexity index is 613. The lowest BCUT2D eigenvalue weighted by Crippen LogP contribution is -2.53. The summed E-state index contributed by atoms with van der Waals surface area (Å²) in [6.07, 6.45) is 1.67. The van der Waals surface area contributed by atoms with Crippen LogP contribution in [0.5, 0.6) is 0 Å². The van der Waals surface area contributed by atoms with Crippen molar-refractivity contribution in [3.8, 4) is 0 Å². The van der Waals surface area contributed by atoms with Gasteiger partial charge in [-0.1, -0.05) is 6.07 Å². The van der Waals surface area contributed by atoms with Gasteiger partial charge in [-0.15, -0.1) is 0 Å². The Morgan fingerprint density at radius 1 is 1.45 bits per heavy atom. The van der Waals surface area contributed by atoms with Gasteiger partial charge < -0.3 is 19.9 Å². The van der Waals surface area contributed by atoms with Crippen LogP contribution in [0.2, 0.25) is 0 Å². The van der Waals surface area contributed by atoms with Crippen molar-refractivity contribution in [2.45, 2.75) is 24.8 Å². The molecule has 1 saturated heterocycles. The highest BCUT2D eigenvalue weighted by atomic mass is 16.5. The third kappa shape index (κ3) is 3.19. The Morgan fingerprint density at radius 2 is 2.23 bits per heavy atom. The number of aromatic amines is 1. The SMILES string of the molecule is CNC(=O)C[C@@]1(COC)CCCN1C(=O)c1cccc(=O)[nH]1. The second-order valence-corrected chi connectivity index (χ2v) is 5.50. The minimum atomic E-state index is -0.668. The fraction of sp³-hybridized carbons (Fsp3) is 0.533. The molecule has 7 nitrogen and oxygen atoms in total. The summed E-state index contributed by atoms with van der Waals surface area (Å²) in [6.45, 7) is 0.819. The van der Waals surface area contributed by atoms with Gasteiger partial charge in [0.25, 0.3) is 5.91 Å². The number of rotatable bonds is 5. The molecule has 0 radical (unpaired) electrons. The maximum Gasteiger partial charge on any atom is 0.270 e. The molecule has 2 heterocycles. The number of amides is 2. The quantitative estimate of drug-likeness (QED) is 0.809. The Kier molecular flexibility index (Phi) is 4.97. The number of hydrogen-bond donors (Lipinski definition) is 2. The molecule has 0 unspecified atom stereocenters. The van der Waals surface area contributed by atoms with Crippen LogP contribution in [-0.2, 0) is 9.53 Å². The van der Waals surface area contributed by atoms with Crippen LogP contribution in [0.25, 0.3) is 0 Å². The lowest BCUT2D eigenvalue weighted by atomic mass is 9.92. The van der Waals surface area contributed by atoms with E-state index in [9.17, 15) is 14.4 Å². The highest BCUT2D eigenvalue weighted by Gasteiger charge is 2.45. The first-order valence-corrected chi connectivity index (χ1v) is 7.23. The number of carbonyl (C=O) groups is 2. The zero-order valence-electron chi connectivity index (χ0n) is 12.8. The van der Waals surface area contributed by atoms with Gasteiger partial charge in [0.2, 0.25) is 11.5 Å². The second kappa shape index (κ2) is 6.74. The van der Waals surface area contributed by atoms with Crippen LogP contribution in [0, 0.1) is 0 Å². The standard InChI is InChI=1S/C15H21N3O4/c1-16-13(20)9-15(10-22-2)7-4-8-18(15)14(21)11-5-3-6-12(19)17-11/h3,5-6H,4,7-10H2,1-2H3,(H,16,20)(H,17,19)/t15-/m1/s1. The van der Waals surface area contributed by atoms with Gasteiger partial charge >= 0.3 is 0 Å². The van der Waals surface area contributed by atoms with E-state index in [1.54, 1.807) is 31.2 Å². The number of H-pyrrole nitrogens is 1. The summed E-state index contributed by atoms with van der Waals surface area (Å²) < 4.78 is 5.27. The normalized spacial score (nSPS) is 20.9. The summed E-state index contributed by atoms with van der Waals surface area (Å²) in [5, 5.41) is 2.59. The smallest absolute Gasteiger partial charge is 0.270 e. The summed E-state index contributed by atoms with van der Waals surface area (Å²) in [5.41, 5.74) is -0.765. The number of likely N-dealkylation sites (tertiary alicyclic amines) is 1. The third-order valence-corrected chi connectivity index (χ3v) is 4.02. The molecule has 0 bridgehead atoms. The van der Waals surface area contributed by atoms with E-state index in [2.05, 4.69) is 10.3 Å². The molecule has 2 rings (SSSR count). The molecule has 2 N–H and O–H groups in total. The first-order valence-electron chi connectivity index (χ1n) is 7.23. The van der Waals surface area contributed by atoms with E-state index < -0.39 is 5.54 Å². The molecule has 1 aromatic rings. The van der Waals surface area contributed by atoms with Crippen molar-refractivity contribution < 1.29 is 14.3 Å². The van der Waals surface area contributed by atoms with Crippen molar-refractivity contribution >= 4 is 11.8 Å². The van der Waals surface area contributed by atoms with E-state index in [1.807, 2.05) is 0 Å². The van der Waals surface area contributed by atoms with Crippen molar-refractivity contribution in [2.24, 2.45) is 0 Å². The Hall–Kier alpha value is -2.15. The molecule has 120 valence electrons. The van der Waals surface area contributed by atoms with Gasteiger partial charge in [-0.25, -0.2) is 0 Å². The van der Waals surface area contributed by atoms with E-state index in [0.717, 1.165) is 6.42 Å². The summed E-state index contributed by atoms with van der Waals surface area (Å²) in [5.74, 6) is -0.422. The predicted molar refractivity (Wildman–Crippen MR) is 80.6 cm³/mol. The van der Waals surface area contributed by atoms with E-state index in [-0.39, 0.29) is 36.1 Å². The zero-order valence-corrected chi connectivity index (χ0v) is 12.8. The van der Waals surface area contributed by atoms with Crippen molar-refractivity contribution in [3.05, 3.63) is 34.2 Å². The molecular weight excluding hydrogens is 286 g/mol. The molecule has 0 saturated carbocycles. The third-order valence-electron chi connectivity index (χ3n) is 4.02. The largest absolute Gasteiger partial charge is 0.382 e. The van der Waals surface area contributed by atoms with E-state index >= 15 is 0 Å². The molecule has 0 spiro atoms. The van der Waals surface area contributed by atoms with Gasteiger partial charge in [0, 0.05) is 26.8 Å². The van der Waals surface area contributed by atoms with Gasteiger partial charge in [-0.05, 0) is 18.9 Å². The summed E-state index contributed by atoms with van der Waals surface area (Å²) in [6, 6.07) is 4.46. The van der Waals surface area contributed by atoms with E-state index in [0.29, 0.717) is 13.0 Å². The molecule has 2 amide bonds. The monoisotopic (exact) mass is 307 g/mol. The highest BCUT2D eigenvalue weighted by Crippen LogP contribution is 2.34. The topological polar surface area (TPSA) is 91.5 Å². The van der Waals surface area contributed by atoms with E-state index in [1.165, 1.54) is 6.07 Å². The molecule has 7 heteroatoms. The van der Waals surface area contributed by atoms with Gasteiger partial charge in [-0.3, -0.25) is 14.4 Å². The molecule has 1 aromatic heterocycles. The molecule has 1 fully saturated rings. The number of carbonyl (C=O) groups excluding carboxylic acids is 2. The maximum absolute atomic E-state index is 12.7. The Morgan fingerprint density at radius 3 is 2.86 bits per heavy atom. The molecule has 1 atom stereocenters. The lowest BCUT2D eigenvalue weighted by molar-refractivity contribution is -0.123.